The number of nitrogens with one attached hydrogen (secondary N) is 1. The first-order chi connectivity index (χ1) is 8.08. The quantitative estimate of drug-likeness (QED) is 0.730. The topological polar surface area (TPSA) is 61.7 Å². The summed E-state index contributed by atoms with van der Waals surface area (Å²) in [6, 6.07) is 3.43. The largest absolute Gasteiger partial charge is 0.504 e. The van der Waals surface area contributed by atoms with Gasteiger partial charge < -0.3 is 20.3 Å². The van der Waals surface area contributed by atoms with Gasteiger partial charge in [0.1, 0.15) is 0 Å². The Kier molecular flexibility index (Phi) is 5.55. The highest BCUT2D eigenvalue weighted by atomic mass is 35.5. The molecule has 1 atom stereocenters. The Morgan fingerprint density at radius 1 is 1.47 bits per heavy atom. The van der Waals surface area contributed by atoms with Crippen LogP contribution in [-0.4, -0.2) is 30.0 Å². The van der Waals surface area contributed by atoms with E-state index in [0.717, 1.165) is 0 Å². The molecule has 5 heteroatoms. The number of phenols is 1. The molecule has 0 amide bonds. The van der Waals surface area contributed by atoms with Crippen molar-refractivity contribution in [1.82, 2.24) is 5.32 Å². The highest BCUT2D eigenvalue weighted by Gasteiger charge is 2.10. The maximum atomic E-state index is 9.88. The summed E-state index contributed by atoms with van der Waals surface area (Å²) in [5.41, 5.74) is 0.680. The van der Waals surface area contributed by atoms with Crippen LogP contribution in [0.25, 0.3) is 0 Å². The van der Waals surface area contributed by atoms with Crippen LogP contribution in [-0.2, 0) is 6.54 Å². The highest BCUT2D eigenvalue weighted by Crippen LogP contribution is 2.33. The molecule has 0 aromatic heterocycles. The van der Waals surface area contributed by atoms with Gasteiger partial charge in [-0.1, -0.05) is 11.6 Å². The Hall–Kier alpha value is -0.970. The maximum absolute atomic E-state index is 9.88. The fraction of sp³-hybridized carbons (Fsp3) is 0.500. The molecule has 96 valence electrons. The number of halogens is 1. The molecule has 0 aliphatic rings. The minimum Gasteiger partial charge on any atom is -0.504 e. The lowest BCUT2D eigenvalue weighted by atomic mass is 10.1. The van der Waals surface area contributed by atoms with Crippen molar-refractivity contribution in [2.24, 2.45) is 0 Å². The Balaban J connectivity index is 2.73. The van der Waals surface area contributed by atoms with Crippen LogP contribution >= 0.6 is 11.6 Å². The van der Waals surface area contributed by atoms with Crippen molar-refractivity contribution in [2.45, 2.75) is 25.9 Å². The molecule has 4 nitrogen and oxygen atoms in total. The van der Waals surface area contributed by atoms with Gasteiger partial charge in [0.25, 0.3) is 0 Å². The number of hydrogen-bond acceptors (Lipinski definition) is 4. The lowest BCUT2D eigenvalue weighted by molar-refractivity contribution is 0.268. The van der Waals surface area contributed by atoms with Crippen LogP contribution in [0.4, 0.5) is 0 Å². The Morgan fingerprint density at radius 2 is 2.18 bits per heavy atom. The van der Waals surface area contributed by atoms with Gasteiger partial charge in [-0.15, -0.1) is 0 Å². The molecule has 0 aliphatic heterocycles. The van der Waals surface area contributed by atoms with E-state index < -0.39 is 0 Å². The van der Waals surface area contributed by atoms with E-state index >= 15 is 0 Å². The van der Waals surface area contributed by atoms with Crippen molar-refractivity contribution in [3.63, 3.8) is 0 Å². The minimum absolute atomic E-state index is 0.0978. The van der Waals surface area contributed by atoms with E-state index in [1.165, 1.54) is 7.11 Å². The molecular weight excluding hydrogens is 242 g/mol. The van der Waals surface area contributed by atoms with Crippen LogP contribution in [0.15, 0.2) is 12.1 Å². The first kappa shape index (κ1) is 14.1. The fourth-order valence-electron chi connectivity index (χ4n) is 1.50. The van der Waals surface area contributed by atoms with Crippen LogP contribution in [0.5, 0.6) is 11.5 Å². The first-order valence-corrected chi connectivity index (χ1v) is 5.86. The molecular formula is C12H18ClNO3. The Bertz CT molecular complexity index is 371. The second kappa shape index (κ2) is 6.69. The van der Waals surface area contributed by atoms with Crippen LogP contribution in [0.1, 0.15) is 18.9 Å². The van der Waals surface area contributed by atoms with E-state index in [0.29, 0.717) is 29.3 Å². The Morgan fingerprint density at radius 3 is 2.76 bits per heavy atom. The predicted molar refractivity (Wildman–Crippen MR) is 67.7 cm³/mol. The fourth-order valence-corrected chi connectivity index (χ4v) is 1.73. The standard InChI is InChI=1S/C12H18ClNO3/c1-8(3-4-15)14-7-9-5-10(13)6-11(17-2)12(9)16/h5-6,8,14-16H,3-4,7H2,1-2H3. The minimum atomic E-state index is 0.0978. The number of hydrogen-bond donors (Lipinski definition) is 3. The van der Waals surface area contributed by atoms with Crippen molar-refractivity contribution >= 4 is 11.6 Å². The number of ether oxygens (including phenoxy) is 1. The molecule has 17 heavy (non-hydrogen) atoms. The average Bonchev–Trinajstić information content (AvgIpc) is 2.30. The predicted octanol–water partition coefficient (Wildman–Crippen LogP) is 1.91. The number of aliphatic hydroxyl groups is 1. The molecule has 0 spiro atoms. The van der Waals surface area contributed by atoms with Crippen LogP contribution in [0.2, 0.25) is 5.02 Å². The Labute approximate surface area is 106 Å². The van der Waals surface area contributed by atoms with E-state index in [4.69, 9.17) is 21.4 Å². The van der Waals surface area contributed by atoms with Gasteiger partial charge in [0.2, 0.25) is 0 Å². The van der Waals surface area contributed by atoms with Gasteiger partial charge in [-0.3, -0.25) is 0 Å². The molecule has 0 aliphatic carbocycles. The number of benzene rings is 1. The van der Waals surface area contributed by atoms with E-state index in [2.05, 4.69) is 5.32 Å². The molecule has 0 heterocycles. The number of aliphatic hydroxyl groups excluding tert-OH is 1. The monoisotopic (exact) mass is 259 g/mol. The van der Waals surface area contributed by atoms with Crippen molar-refractivity contribution in [3.8, 4) is 11.5 Å². The molecule has 0 radical (unpaired) electrons. The SMILES string of the molecule is COc1cc(Cl)cc(CNC(C)CCO)c1O. The van der Waals surface area contributed by atoms with Gasteiger partial charge in [-0.2, -0.15) is 0 Å². The third kappa shape index (κ3) is 4.07. The molecule has 1 aromatic carbocycles. The molecule has 3 N–H and O–H groups in total. The van der Waals surface area contributed by atoms with Gasteiger partial charge in [-0.05, 0) is 19.4 Å². The summed E-state index contributed by atoms with van der Waals surface area (Å²) in [6.07, 6.45) is 0.665. The second-order valence-electron chi connectivity index (χ2n) is 3.91. The van der Waals surface area contributed by atoms with E-state index in [9.17, 15) is 5.11 Å². The normalized spacial score (nSPS) is 12.5. The summed E-state index contributed by atoms with van der Waals surface area (Å²) in [6.45, 7) is 2.58. The van der Waals surface area contributed by atoms with E-state index in [1.807, 2.05) is 6.92 Å². The van der Waals surface area contributed by atoms with Gasteiger partial charge in [0.05, 0.1) is 7.11 Å². The summed E-state index contributed by atoms with van der Waals surface area (Å²) < 4.78 is 5.02. The second-order valence-corrected chi connectivity index (χ2v) is 4.35. The highest BCUT2D eigenvalue weighted by molar-refractivity contribution is 6.30. The lowest BCUT2D eigenvalue weighted by Gasteiger charge is -2.14. The summed E-state index contributed by atoms with van der Waals surface area (Å²) in [5, 5.41) is 22.4. The number of rotatable bonds is 6. The van der Waals surface area contributed by atoms with Crippen molar-refractivity contribution in [3.05, 3.63) is 22.7 Å². The zero-order valence-electron chi connectivity index (χ0n) is 10.0. The third-order valence-electron chi connectivity index (χ3n) is 2.54. The number of aromatic hydroxyl groups is 1. The van der Waals surface area contributed by atoms with Gasteiger partial charge in [0, 0.05) is 35.8 Å². The van der Waals surface area contributed by atoms with E-state index in [-0.39, 0.29) is 18.4 Å². The summed E-state index contributed by atoms with van der Waals surface area (Å²) >= 11 is 5.92. The molecule has 1 aromatic rings. The third-order valence-corrected chi connectivity index (χ3v) is 2.76. The molecule has 1 unspecified atom stereocenters. The lowest BCUT2D eigenvalue weighted by Crippen LogP contribution is -2.26. The number of phenolic OH excluding ortho intramolecular Hbond substituents is 1. The van der Waals surface area contributed by atoms with Crippen molar-refractivity contribution in [1.29, 1.82) is 0 Å². The van der Waals surface area contributed by atoms with Crippen molar-refractivity contribution in [2.75, 3.05) is 13.7 Å². The van der Waals surface area contributed by atoms with Gasteiger partial charge in [-0.25, -0.2) is 0 Å². The number of methoxy groups -OCH3 is 1. The zero-order valence-corrected chi connectivity index (χ0v) is 10.8. The molecule has 1 rings (SSSR count). The van der Waals surface area contributed by atoms with Crippen LogP contribution in [0.3, 0.4) is 0 Å². The van der Waals surface area contributed by atoms with Gasteiger partial charge in [0.15, 0.2) is 11.5 Å². The average molecular weight is 260 g/mol. The first-order valence-electron chi connectivity index (χ1n) is 5.48. The molecule has 0 saturated heterocycles. The smallest absolute Gasteiger partial charge is 0.162 e. The molecule has 0 bridgehead atoms. The zero-order chi connectivity index (χ0) is 12.8. The maximum Gasteiger partial charge on any atom is 0.162 e. The van der Waals surface area contributed by atoms with Crippen molar-refractivity contribution < 1.29 is 14.9 Å². The molecule has 0 saturated carbocycles. The molecule has 0 fully saturated rings. The summed E-state index contributed by atoms with van der Waals surface area (Å²) in [7, 11) is 1.48. The summed E-state index contributed by atoms with van der Waals surface area (Å²) in [4.78, 5) is 0. The van der Waals surface area contributed by atoms with Gasteiger partial charge >= 0.3 is 0 Å². The summed E-state index contributed by atoms with van der Waals surface area (Å²) in [5.74, 6) is 0.463. The van der Waals surface area contributed by atoms with Crippen LogP contribution in [0, 0.1) is 0 Å². The van der Waals surface area contributed by atoms with Crippen LogP contribution < -0.4 is 10.1 Å². The van der Waals surface area contributed by atoms with E-state index in [1.54, 1.807) is 12.1 Å².